The molecule has 1 fully saturated rings. The Balaban J connectivity index is 2.10. The van der Waals surface area contributed by atoms with Crippen LogP contribution < -0.4 is 11.1 Å². The van der Waals surface area contributed by atoms with E-state index in [4.69, 9.17) is 9.92 Å². The first-order valence-corrected chi connectivity index (χ1v) is 4.89. The summed E-state index contributed by atoms with van der Waals surface area (Å²) in [5, 5.41) is 2.64. The lowest BCUT2D eigenvalue weighted by atomic mass is 10.3. The minimum Gasteiger partial charge on any atom is -0.315 e. The van der Waals surface area contributed by atoms with E-state index in [0.717, 1.165) is 6.42 Å². The molecule has 0 aromatic rings. The van der Waals surface area contributed by atoms with Crippen LogP contribution in [0.5, 0.6) is 0 Å². The van der Waals surface area contributed by atoms with Crippen molar-refractivity contribution < 1.29 is 8.98 Å². The topological polar surface area (TPSA) is 67.6 Å². The first-order valence-electron chi connectivity index (χ1n) is 4.08. The predicted octanol–water partition coefficient (Wildman–Crippen LogP) is 0.205. The Kier molecular flexibility index (Phi) is 2.43. The van der Waals surface area contributed by atoms with E-state index >= 15 is 0 Å². The summed E-state index contributed by atoms with van der Waals surface area (Å²) in [6, 6.07) is -0.155. The monoisotopic (exact) mass is 201 g/mol. The Morgan fingerprint density at radius 3 is 3.23 bits per heavy atom. The number of nitrogens with one attached hydrogen (secondary N) is 1. The van der Waals surface area contributed by atoms with E-state index in [1.54, 1.807) is 17.2 Å². The average Bonchev–Trinajstić information content (AvgIpc) is 2.57. The van der Waals surface area contributed by atoms with Gasteiger partial charge in [-0.15, -0.1) is 0 Å². The Morgan fingerprint density at radius 1 is 1.77 bits per heavy atom. The van der Waals surface area contributed by atoms with E-state index in [1.165, 1.54) is 12.0 Å². The van der Waals surface area contributed by atoms with Crippen LogP contribution in [-0.4, -0.2) is 29.1 Å². The molecule has 2 aliphatic heterocycles. The van der Waals surface area contributed by atoms with Crippen LogP contribution in [0.2, 0.25) is 0 Å². The van der Waals surface area contributed by atoms with E-state index in [9.17, 15) is 4.79 Å². The maximum atomic E-state index is 11.4. The molecule has 5 nitrogen and oxygen atoms in total. The predicted molar refractivity (Wildman–Crippen MR) is 49.4 cm³/mol. The molecule has 0 aliphatic carbocycles. The largest absolute Gasteiger partial charge is 0.323 e. The molecular formula is C7H11N3O2S. The summed E-state index contributed by atoms with van der Waals surface area (Å²) < 4.78 is 5.12. The molecule has 0 aromatic carbocycles. The van der Waals surface area contributed by atoms with Gasteiger partial charge in [-0.1, -0.05) is 0 Å². The normalized spacial score (nSPS) is 33.6. The maximum absolute atomic E-state index is 11.4. The molecule has 1 saturated heterocycles. The van der Waals surface area contributed by atoms with Gasteiger partial charge in [-0.25, -0.2) is 4.79 Å². The molecule has 6 heteroatoms. The van der Waals surface area contributed by atoms with Crippen LogP contribution in [0.4, 0.5) is 4.79 Å². The van der Waals surface area contributed by atoms with Gasteiger partial charge in [0.25, 0.3) is 0 Å². The molecule has 2 unspecified atom stereocenters. The van der Waals surface area contributed by atoms with Gasteiger partial charge in [0.15, 0.2) is 0 Å². The van der Waals surface area contributed by atoms with Gasteiger partial charge in [0.05, 0.1) is 6.61 Å². The van der Waals surface area contributed by atoms with E-state index in [1.807, 2.05) is 0 Å². The first kappa shape index (κ1) is 8.86. The van der Waals surface area contributed by atoms with Gasteiger partial charge in [-0.2, -0.15) is 0 Å². The van der Waals surface area contributed by atoms with Crippen molar-refractivity contribution in [2.45, 2.75) is 18.0 Å². The van der Waals surface area contributed by atoms with Gasteiger partial charge >= 0.3 is 6.03 Å². The van der Waals surface area contributed by atoms with Crippen molar-refractivity contribution in [3.63, 3.8) is 0 Å². The molecular weight excluding hydrogens is 190 g/mol. The number of hydrogen-bond donors (Lipinski definition) is 2. The van der Waals surface area contributed by atoms with Crippen molar-refractivity contribution in [3.05, 3.63) is 12.3 Å². The lowest BCUT2D eigenvalue weighted by Crippen LogP contribution is -2.54. The molecule has 0 bridgehead atoms. The van der Waals surface area contributed by atoms with E-state index in [0.29, 0.717) is 6.61 Å². The SMILES string of the molecule is NC1C=CNC(=O)N1C1CCOS1. The second-order valence-electron chi connectivity index (χ2n) is 2.87. The zero-order chi connectivity index (χ0) is 9.26. The lowest BCUT2D eigenvalue weighted by Gasteiger charge is -2.32. The minimum absolute atomic E-state index is 0.0416. The Hall–Kier alpha value is -0.720. The average molecular weight is 201 g/mol. The number of carbonyl (C=O) groups excluding carboxylic acids is 1. The highest BCUT2D eigenvalue weighted by Crippen LogP contribution is 2.28. The van der Waals surface area contributed by atoms with Crippen molar-refractivity contribution in [2.75, 3.05) is 6.61 Å². The molecule has 2 atom stereocenters. The van der Waals surface area contributed by atoms with Crippen molar-refractivity contribution in [1.29, 1.82) is 0 Å². The molecule has 2 aliphatic rings. The maximum Gasteiger partial charge on any atom is 0.323 e. The van der Waals surface area contributed by atoms with Crippen LogP contribution in [0.1, 0.15) is 6.42 Å². The third-order valence-electron chi connectivity index (χ3n) is 1.99. The van der Waals surface area contributed by atoms with Crippen LogP contribution in [0.3, 0.4) is 0 Å². The number of nitrogens with two attached hydrogens (primary N) is 1. The number of carbonyl (C=O) groups is 1. The molecule has 0 aromatic heterocycles. The smallest absolute Gasteiger partial charge is 0.315 e. The molecule has 2 heterocycles. The fourth-order valence-electron chi connectivity index (χ4n) is 1.35. The Labute approximate surface area is 80.5 Å². The number of urea groups is 1. The molecule has 13 heavy (non-hydrogen) atoms. The highest BCUT2D eigenvalue weighted by molar-refractivity contribution is 7.95. The highest BCUT2D eigenvalue weighted by Gasteiger charge is 2.32. The van der Waals surface area contributed by atoms with Crippen molar-refractivity contribution in [3.8, 4) is 0 Å². The van der Waals surface area contributed by atoms with Gasteiger partial charge in [-0.3, -0.25) is 4.90 Å². The minimum atomic E-state index is -0.340. The summed E-state index contributed by atoms with van der Waals surface area (Å²) in [6.45, 7) is 0.676. The van der Waals surface area contributed by atoms with Crippen LogP contribution in [-0.2, 0) is 4.18 Å². The number of amides is 2. The fraction of sp³-hybridized carbons (Fsp3) is 0.571. The lowest BCUT2D eigenvalue weighted by molar-refractivity contribution is 0.179. The summed E-state index contributed by atoms with van der Waals surface area (Å²) in [7, 11) is 0. The summed E-state index contributed by atoms with van der Waals surface area (Å²) >= 11 is 1.31. The molecule has 2 amide bonds. The van der Waals surface area contributed by atoms with E-state index < -0.39 is 0 Å². The third-order valence-corrected chi connectivity index (χ3v) is 2.98. The van der Waals surface area contributed by atoms with Crippen LogP contribution in [0, 0.1) is 0 Å². The number of hydrogen-bond acceptors (Lipinski definition) is 4. The summed E-state index contributed by atoms with van der Waals surface area (Å²) in [5.41, 5.74) is 5.76. The number of rotatable bonds is 1. The van der Waals surface area contributed by atoms with Crippen molar-refractivity contribution in [2.24, 2.45) is 5.73 Å². The van der Waals surface area contributed by atoms with Gasteiger partial charge in [0.2, 0.25) is 0 Å². The molecule has 2 rings (SSSR count). The van der Waals surface area contributed by atoms with Crippen LogP contribution in [0.15, 0.2) is 12.3 Å². The summed E-state index contributed by atoms with van der Waals surface area (Å²) in [5.74, 6) is 0. The van der Waals surface area contributed by atoms with E-state index in [2.05, 4.69) is 5.32 Å². The van der Waals surface area contributed by atoms with Crippen molar-refractivity contribution >= 4 is 18.1 Å². The van der Waals surface area contributed by atoms with Crippen molar-refractivity contribution in [1.82, 2.24) is 10.2 Å². The second-order valence-corrected chi connectivity index (χ2v) is 3.84. The molecule has 0 radical (unpaired) electrons. The summed E-state index contributed by atoms with van der Waals surface area (Å²) in [4.78, 5) is 13.0. The second kappa shape index (κ2) is 3.57. The van der Waals surface area contributed by atoms with E-state index in [-0.39, 0.29) is 17.6 Å². The fourth-order valence-corrected chi connectivity index (χ4v) is 2.22. The van der Waals surface area contributed by atoms with Crippen LogP contribution >= 0.6 is 12.0 Å². The van der Waals surface area contributed by atoms with Gasteiger partial charge < -0.3 is 15.2 Å². The van der Waals surface area contributed by atoms with Gasteiger partial charge in [-0.05, 0) is 6.08 Å². The van der Waals surface area contributed by atoms with Crippen LogP contribution in [0.25, 0.3) is 0 Å². The molecule has 0 spiro atoms. The zero-order valence-electron chi connectivity index (χ0n) is 6.97. The molecule has 72 valence electrons. The number of nitrogens with zero attached hydrogens (tertiary/aromatic N) is 1. The Morgan fingerprint density at radius 2 is 2.62 bits per heavy atom. The molecule has 0 saturated carbocycles. The summed E-state index contributed by atoms with van der Waals surface area (Å²) in [6.07, 6.45) is 3.82. The zero-order valence-corrected chi connectivity index (χ0v) is 7.79. The standard InChI is InChI=1S/C7H11N3O2S/c8-5-1-3-9-7(11)10(5)6-2-4-12-13-6/h1,3,5-6H,2,4,8H2,(H,9,11). The highest BCUT2D eigenvalue weighted by atomic mass is 32.2. The molecule has 3 N–H and O–H groups in total. The quantitative estimate of drug-likeness (QED) is 0.595. The third kappa shape index (κ3) is 1.65. The van der Waals surface area contributed by atoms with Gasteiger partial charge in [0.1, 0.15) is 11.5 Å². The Bertz CT molecular complexity index is 240. The first-order chi connectivity index (χ1) is 6.29. The van der Waals surface area contributed by atoms with Gasteiger partial charge in [0, 0.05) is 24.7 Å².